The van der Waals surface area contributed by atoms with Gasteiger partial charge in [-0.25, -0.2) is 0 Å². The van der Waals surface area contributed by atoms with Crippen molar-refractivity contribution >= 4 is 0 Å². The van der Waals surface area contributed by atoms with Crippen molar-refractivity contribution in [2.24, 2.45) is 0 Å². The minimum absolute atomic E-state index is 0.758. The molecule has 0 heterocycles. The summed E-state index contributed by atoms with van der Waals surface area (Å²) >= 11 is 0. The van der Waals surface area contributed by atoms with Gasteiger partial charge in [0.1, 0.15) is 0 Å². The van der Waals surface area contributed by atoms with Gasteiger partial charge in [-0.2, -0.15) is 0 Å². The molecule has 2 atom stereocenters. The summed E-state index contributed by atoms with van der Waals surface area (Å²) in [6.07, 6.45) is 9.96. The Hall–Kier alpha value is -1.30. The summed E-state index contributed by atoms with van der Waals surface area (Å²) < 4.78 is 0. The summed E-state index contributed by atoms with van der Waals surface area (Å²) in [5.41, 5.74) is 0. The van der Waals surface area contributed by atoms with E-state index in [1.165, 1.54) is 19.1 Å². The van der Waals surface area contributed by atoms with Crippen LogP contribution in [-0.4, -0.2) is 22.4 Å². The highest BCUT2D eigenvalue weighted by molar-refractivity contribution is 5.26. The van der Waals surface area contributed by atoms with Crippen LogP contribution in [0, 0.1) is 11.8 Å². The van der Waals surface area contributed by atoms with Crippen LogP contribution in [0.4, 0.5) is 0 Å². The highest BCUT2D eigenvalue weighted by Gasteiger charge is 2.04. The third-order valence-electron chi connectivity index (χ3n) is 1.62. The Labute approximate surface area is 91.6 Å². The highest BCUT2D eigenvalue weighted by Crippen LogP contribution is 1.92. The molecule has 0 radical (unpaired) electrons. The molecule has 0 amide bonds. The predicted molar refractivity (Wildman–Crippen MR) is 63.2 cm³/mol. The Morgan fingerprint density at radius 2 is 1.80 bits per heavy atom. The van der Waals surface area contributed by atoms with Crippen molar-refractivity contribution in [3.05, 3.63) is 36.5 Å². The van der Waals surface area contributed by atoms with E-state index in [2.05, 4.69) is 18.8 Å². The average Bonchev–Trinajstić information content (AvgIpc) is 2.21. The average molecular weight is 206 g/mol. The smallest absolute Gasteiger partial charge is 0.0986 e. The van der Waals surface area contributed by atoms with Gasteiger partial charge in [-0.15, -0.1) is 0 Å². The van der Waals surface area contributed by atoms with Gasteiger partial charge in [-0.05, 0) is 31.6 Å². The van der Waals surface area contributed by atoms with E-state index in [1.54, 1.807) is 6.08 Å². The van der Waals surface area contributed by atoms with E-state index in [-0.39, 0.29) is 0 Å². The molecule has 0 aromatic carbocycles. The normalized spacial score (nSPS) is 15.7. The summed E-state index contributed by atoms with van der Waals surface area (Å²) in [6, 6.07) is 0. The zero-order chi connectivity index (χ0) is 11.5. The molecular formula is C13H18O2. The fraction of sp³-hybridized carbons (Fsp3) is 0.385. The van der Waals surface area contributed by atoms with Crippen LogP contribution in [0.3, 0.4) is 0 Å². The zero-order valence-corrected chi connectivity index (χ0v) is 9.22. The maximum absolute atomic E-state index is 9.17. The van der Waals surface area contributed by atoms with Crippen molar-refractivity contribution in [3.8, 4) is 11.8 Å². The first kappa shape index (κ1) is 13.7. The number of hydrogen-bond acceptors (Lipinski definition) is 2. The fourth-order valence-electron chi connectivity index (χ4n) is 0.722. The van der Waals surface area contributed by atoms with Gasteiger partial charge in [0.15, 0.2) is 0 Å². The zero-order valence-electron chi connectivity index (χ0n) is 9.22. The molecule has 0 aliphatic carbocycles. The lowest BCUT2D eigenvalue weighted by Crippen LogP contribution is -2.19. The first-order chi connectivity index (χ1) is 7.18. The van der Waals surface area contributed by atoms with Gasteiger partial charge < -0.3 is 10.2 Å². The van der Waals surface area contributed by atoms with E-state index in [0.29, 0.717) is 0 Å². The van der Waals surface area contributed by atoms with E-state index in [4.69, 9.17) is 10.2 Å². The Balaban J connectivity index is 3.89. The van der Waals surface area contributed by atoms with Crippen LogP contribution in [-0.2, 0) is 0 Å². The summed E-state index contributed by atoms with van der Waals surface area (Å²) in [5, 5.41) is 18.1. The minimum atomic E-state index is -0.844. The number of hydrogen-bond donors (Lipinski definition) is 2. The van der Waals surface area contributed by atoms with Gasteiger partial charge in [0, 0.05) is 0 Å². The Bertz CT molecular complexity index is 287. The molecule has 82 valence electrons. The second kappa shape index (κ2) is 9.26. The lowest BCUT2D eigenvalue weighted by molar-refractivity contribution is 0.0619. The van der Waals surface area contributed by atoms with E-state index in [0.717, 1.165) is 6.42 Å². The van der Waals surface area contributed by atoms with Crippen LogP contribution >= 0.6 is 0 Å². The van der Waals surface area contributed by atoms with Gasteiger partial charge in [0.05, 0.1) is 12.2 Å². The van der Waals surface area contributed by atoms with Crippen LogP contribution < -0.4 is 0 Å². The molecule has 0 spiro atoms. The molecule has 2 nitrogen and oxygen atoms in total. The molecule has 0 aromatic heterocycles. The van der Waals surface area contributed by atoms with Gasteiger partial charge in [-0.3, -0.25) is 0 Å². The van der Waals surface area contributed by atoms with E-state index < -0.39 is 12.2 Å². The molecular weight excluding hydrogens is 188 g/mol. The number of aliphatic hydroxyl groups excluding tert-OH is 2. The van der Waals surface area contributed by atoms with Crippen molar-refractivity contribution in [2.45, 2.75) is 32.5 Å². The van der Waals surface area contributed by atoms with Gasteiger partial charge >= 0.3 is 0 Å². The maximum atomic E-state index is 9.17. The van der Waals surface area contributed by atoms with E-state index >= 15 is 0 Å². The van der Waals surface area contributed by atoms with Crippen LogP contribution in [0.5, 0.6) is 0 Å². The molecule has 0 saturated heterocycles. The van der Waals surface area contributed by atoms with E-state index in [1.807, 2.05) is 18.2 Å². The molecule has 0 saturated carbocycles. The number of rotatable bonds is 4. The number of allylic oxidation sites excluding steroid dienone is 5. The SMILES string of the molecule is CC/C=C/C=C/C#C/C=C/[C@H](O)[C@H](C)O. The quantitative estimate of drug-likeness (QED) is 0.544. The van der Waals surface area contributed by atoms with Crippen molar-refractivity contribution in [1.82, 2.24) is 0 Å². The molecule has 0 aliphatic heterocycles. The van der Waals surface area contributed by atoms with Crippen molar-refractivity contribution in [2.75, 3.05) is 0 Å². The van der Waals surface area contributed by atoms with Crippen LogP contribution in [0.25, 0.3) is 0 Å². The van der Waals surface area contributed by atoms with Crippen molar-refractivity contribution < 1.29 is 10.2 Å². The van der Waals surface area contributed by atoms with Gasteiger partial charge in [-0.1, -0.05) is 37.0 Å². The van der Waals surface area contributed by atoms with Crippen LogP contribution in [0.2, 0.25) is 0 Å². The summed E-state index contributed by atoms with van der Waals surface area (Å²) in [4.78, 5) is 0. The molecule has 0 aliphatic rings. The Morgan fingerprint density at radius 1 is 1.13 bits per heavy atom. The van der Waals surface area contributed by atoms with Crippen molar-refractivity contribution in [3.63, 3.8) is 0 Å². The Morgan fingerprint density at radius 3 is 2.40 bits per heavy atom. The number of aliphatic hydroxyl groups is 2. The largest absolute Gasteiger partial charge is 0.390 e. The molecule has 0 unspecified atom stereocenters. The molecule has 2 heteroatoms. The first-order valence-electron chi connectivity index (χ1n) is 5.04. The molecule has 0 aromatic rings. The third-order valence-corrected chi connectivity index (χ3v) is 1.62. The second-order valence-corrected chi connectivity index (χ2v) is 3.07. The second-order valence-electron chi connectivity index (χ2n) is 3.07. The van der Waals surface area contributed by atoms with Crippen molar-refractivity contribution in [1.29, 1.82) is 0 Å². The minimum Gasteiger partial charge on any atom is -0.390 e. The monoisotopic (exact) mass is 206 g/mol. The fourth-order valence-corrected chi connectivity index (χ4v) is 0.722. The summed E-state index contributed by atoms with van der Waals surface area (Å²) in [7, 11) is 0. The van der Waals surface area contributed by atoms with Crippen LogP contribution in [0.15, 0.2) is 36.5 Å². The Kier molecular flexibility index (Phi) is 8.46. The maximum Gasteiger partial charge on any atom is 0.0986 e. The lowest BCUT2D eigenvalue weighted by atomic mass is 10.2. The summed E-state index contributed by atoms with van der Waals surface area (Å²) in [5.74, 6) is 5.50. The predicted octanol–water partition coefficient (Wildman–Crippen LogP) is 1.81. The van der Waals surface area contributed by atoms with E-state index in [9.17, 15) is 0 Å². The standard InChI is InChI=1S/C13H18O2/c1-3-4-5-6-7-8-9-10-11-13(15)12(2)14/h4-7,10-15H,3H2,1-2H3/b5-4+,7-6+,11-10+/t12-,13-/m0/s1. The highest BCUT2D eigenvalue weighted by atomic mass is 16.3. The molecule has 0 bridgehead atoms. The van der Waals surface area contributed by atoms with Gasteiger partial charge in [0.25, 0.3) is 0 Å². The third kappa shape index (κ3) is 9.01. The molecule has 15 heavy (non-hydrogen) atoms. The molecule has 2 N–H and O–H groups in total. The summed E-state index contributed by atoms with van der Waals surface area (Å²) in [6.45, 7) is 3.59. The lowest BCUT2D eigenvalue weighted by Gasteiger charge is -2.06. The molecule has 0 rings (SSSR count). The first-order valence-corrected chi connectivity index (χ1v) is 5.04. The van der Waals surface area contributed by atoms with Crippen LogP contribution in [0.1, 0.15) is 20.3 Å². The topological polar surface area (TPSA) is 40.5 Å². The van der Waals surface area contributed by atoms with Gasteiger partial charge in [0.2, 0.25) is 0 Å². The molecule has 0 fully saturated rings.